The van der Waals surface area contributed by atoms with E-state index in [4.69, 9.17) is 5.73 Å². The average molecular weight is 195 g/mol. The van der Waals surface area contributed by atoms with E-state index in [1.165, 1.54) is 10.5 Å². The van der Waals surface area contributed by atoms with Gasteiger partial charge in [0.1, 0.15) is 0 Å². The lowest BCUT2D eigenvalue weighted by Gasteiger charge is -2.13. The molecule has 0 saturated carbocycles. The average Bonchev–Trinajstić information content (AvgIpc) is 2.03. The maximum Gasteiger partial charge on any atom is 0.0277 e. The van der Waals surface area contributed by atoms with Crippen LogP contribution in [0.5, 0.6) is 0 Å². The topological polar surface area (TPSA) is 26.0 Å². The minimum atomic E-state index is 0.127. The third-order valence-electron chi connectivity index (χ3n) is 1.77. The van der Waals surface area contributed by atoms with Crippen molar-refractivity contribution >= 4 is 11.8 Å². The number of benzene rings is 1. The Kier molecular flexibility index (Phi) is 3.82. The standard InChI is InChI=1S/C11H17NS/c1-8(2)13-11-7-5-4-6-10(11)9(3)12/h4-9H,12H2,1-3H3/t9-/m1/s1. The van der Waals surface area contributed by atoms with Crippen LogP contribution in [-0.2, 0) is 0 Å². The Balaban J connectivity index is 2.91. The van der Waals surface area contributed by atoms with Crippen LogP contribution in [0.1, 0.15) is 32.4 Å². The molecule has 1 rings (SSSR count). The van der Waals surface area contributed by atoms with Crippen molar-refractivity contribution in [2.75, 3.05) is 0 Å². The largest absolute Gasteiger partial charge is 0.324 e. The Morgan fingerprint density at radius 3 is 2.31 bits per heavy atom. The molecule has 0 radical (unpaired) electrons. The monoisotopic (exact) mass is 195 g/mol. The van der Waals surface area contributed by atoms with Crippen LogP contribution in [0.3, 0.4) is 0 Å². The molecule has 2 N–H and O–H groups in total. The lowest BCUT2D eigenvalue weighted by Crippen LogP contribution is -2.06. The van der Waals surface area contributed by atoms with Crippen LogP contribution >= 0.6 is 11.8 Å². The predicted octanol–water partition coefficient (Wildman–Crippen LogP) is 3.21. The highest BCUT2D eigenvalue weighted by molar-refractivity contribution is 8.00. The molecule has 13 heavy (non-hydrogen) atoms. The van der Waals surface area contributed by atoms with Gasteiger partial charge in [0.15, 0.2) is 0 Å². The SMILES string of the molecule is CC(C)Sc1ccccc1[C@@H](C)N. The van der Waals surface area contributed by atoms with E-state index in [9.17, 15) is 0 Å². The molecule has 0 fully saturated rings. The summed E-state index contributed by atoms with van der Waals surface area (Å²) < 4.78 is 0. The van der Waals surface area contributed by atoms with E-state index in [2.05, 4.69) is 32.0 Å². The smallest absolute Gasteiger partial charge is 0.0277 e. The van der Waals surface area contributed by atoms with Crippen molar-refractivity contribution in [1.29, 1.82) is 0 Å². The van der Waals surface area contributed by atoms with E-state index >= 15 is 0 Å². The zero-order chi connectivity index (χ0) is 9.84. The summed E-state index contributed by atoms with van der Waals surface area (Å²) in [4.78, 5) is 1.31. The summed E-state index contributed by atoms with van der Waals surface area (Å²) in [6.45, 7) is 6.42. The fraction of sp³-hybridized carbons (Fsp3) is 0.455. The van der Waals surface area contributed by atoms with Crippen molar-refractivity contribution in [2.24, 2.45) is 5.73 Å². The van der Waals surface area contributed by atoms with Gasteiger partial charge in [0.2, 0.25) is 0 Å². The van der Waals surface area contributed by atoms with Crippen LogP contribution < -0.4 is 5.73 Å². The van der Waals surface area contributed by atoms with Crippen molar-refractivity contribution in [3.8, 4) is 0 Å². The molecule has 1 nitrogen and oxygen atoms in total. The van der Waals surface area contributed by atoms with Crippen LogP contribution in [0.15, 0.2) is 29.2 Å². The summed E-state index contributed by atoms with van der Waals surface area (Å²) in [6, 6.07) is 8.49. The van der Waals surface area contributed by atoms with Crippen LogP contribution in [0.4, 0.5) is 0 Å². The molecular formula is C11H17NS. The summed E-state index contributed by atoms with van der Waals surface area (Å²) in [7, 11) is 0. The van der Waals surface area contributed by atoms with Crippen molar-refractivity contribution < 1.29 is 0 Å². The van der Waals surface area contributed by atoms with Gasteiger partial charge in [-0.2, -0.15) is 0 Å². The van der Waals surface area contributed by atoms with E-state index in [1.807, 2.05) is 24.8 Å². The molecule has 2 heteroatoms. The molecule has 0 spiro atoms. The third kappa shape index (κ3) is 3.05. The molecule has 1 atom stereocenters. The number of thioether (sulfide) groups is 1. The zero-order valence-corrected chi connectivity index (χ0v) is 9.27. The molecule has 0 aliphatic carbocycles. The van der Waals surface area contributed by atoms with Gasteiger partial charge in [-0.05, 0) is 18.6 Å². The van der Waals surface area contributed by atoms with Gasteiger partial charge in [-0.3, -0.25) is 0 Å². The van der Waals surface area contributed by atoms with Crippen molar-refractivity contribution in [1.82, 2.24) is 0 Å². The second kappa shape index (κ2) is 4.68. The molecule has 72 valence electrons. The van der Waals surface area contributed by atoms with E-state index < -0.39 is 0 Å². The first-order valence-corrected chi connectivity index (χ1v) is 5.50. The minimum absolute atomic E-state index is 0.127. The van der Waals surface area contributed by atoms with Gasteiger partial charge in [-0.1, -0.05) is 32.0 Å². The molecule has 1 aromatic rings. The molecule has 0 aliphatic heterocycles. The highest BCUT2D eigenvalue weighted by atomic mass is 32.2. The van der Waals surface area contributed by atoms with Gasteiger partial charge >= 0.3 is 0 Å². The first kappa shape index (κ1) is 10.6. The number of rotatable bonds is 3. The number of nitrogens with two attached hydrogens (primary N) is 1. The van der Waals surface area contributed by atoms with Gasteiger partial charge in [0.25, 0.3) is 0 Å². The molecule has 0 saturated heterocycles. The number of hydrogen-bond acceptors (Lipinski definition) is 2. The fourth-order valence-corrected chi connectivity index (χ4v) is 2.27. The summed E-state index contributed by atoms with van der Waals surface area (Å²) in [5.74, 6) is 0. The van der Waals surface area contributed by atoms with Crippen molar-refractivity contribution in [2.45, 2.75) is 37.0 Å². The third-order valence-corrected chi connectivity index (χ3v) is 2.87. The van der Waals surface area contributed by atoms with Crippen LogP contribution in [0.2, 0.25) is 0 Å². The zero-order valence-electron chi connectivity index (χ0n) is 8.45. The molecule has 0 heterocycles. The van der Waals surface area contributed by atoms with Crippen LogP contribution in [0, 0.1) is 0 Å². The molecule has 0 aliphatic rings. The Hall–Kier alpha value is -0.470. The molecule has 0 bridgehead atoms. The normalized spacial score (nSPS) is 13.3. The van der Waals surface area contributed by atoms with Crippen LogP contribution in [0.25, 0.3) is 0 Å². The van der Waals surface area contributed by atoms with Crippen molar-refractivity contribution in [3.05, 3.63) is 29.8 Å². The predicted molar refractivity (Wildman–Crippen MR) is 60.0 cm³/mol. The molecule has 0 aromatic heterocycles. The summed E-state index contributed by atoms with van der Waals surface area (Å²) in [6.07, 6.45) is 0. The minimum Gasteiger partial charge on any atom is -0.324 e. The lowest BCUT2D eigenvalue weighted by atomic mass is 10.1. The Bertz CT molecular complexity index is 269. The quantitative estimate of drug-likeness (QED) is 0.749. The van der Waals surface area contributed by atoms with E-state index in [1.54, 1.807) is 0 Å². The Morgan fingerprint density at radius 2 is 1.77 bits per heavy atom. The van der Waals surface area contributed by atoms with Crippen molar-refractivity contribution in [3.63, 3.8) is 0 Å². The summed E-state index contributed by atoms with van der Waals surface area (Å²) in [5, 5.41) is 0.611. The fourth-order valence-electron chi connectivity index (χ4n) is 1.22. The van der Waals surface area contributed by atoms with E-state index in [0.717, 1.165) is 0 Å². The van der Waals surface area contributed by atoms with Gasteiger partial charge in [0.05, 0.1) is 0 Å². The molecule has 1 aromatic carbocycles. The molecule has 0 amide bonds. The van der Waals surface area contributed by atoms with Gasteiger partial charge < -0.3 is 5.73 Å². The molecule has 0 unspecified atom stereocenters. The highest BCUT2D eigenvalue weighted by Crippen LogP contribution is 2.29. The summed E-state index contributed by atoms with van der Waals surface area (Å²) in [5.41, 5.74) is 7.13. The van der Waals surface area contributed by atoms with E-state index in [0.29, 0.717) is 5.25 Å². The first-order chi connectivity index (χ1) is 6.11. The second-order valence-corrected chi connectivity index (χ2v) is 5.11. The number of hydrogen-bond donors (Lipinski definition) is 1. The van der Waals surface area contributed by atoms with Crippen LogP contribution in [-0.4, -0.2) is 5.25 Å². The second-order valence-electron chi connectivity index (χ2n) is 3.49. The van der Waals surface area contributed by atoms with Gasteiger partial charge in [-0.25, -0.2) is 0 Å². The Morgan fingerprint density at radius 1 is 1.15 bits per heavy atom. The van der Waals surface area contributed by atoms with Gasteiger partial charge in [-0.15, -0.1) is 11.8 Å². The lowest BCUT2D eigenvalue weighted by molar-refractivity contribution is 0.797. The molecular weight excluding hydrogens is 178 g/mol. The highest BCUT2D eigenvalue weighted by Gasteiger charge is 2.07. The van der Waals surface area contributed by atoms with Gasteiger partial charge in [0, 0.05) is 16.2 Å². The maximum atomic E-state index is 5.88. The maximum absolute atomic E-state index is 5.88. The van der Waals surface area contributed by atoms with E-state index in [-0.39, 0.29) is 6.04 Å². The first-order valence-electron chi connectivity index (χ1n) is 4.62. The summed E-state index contributed by atoms with van der Waals surface area (Å²) >= 11 is 1.87. The Labute approximate surface area is 84.7 Å².